The largest absolute Gasteiger partial charge is 0.493 e. The Kier molecular flexibility index (Phi) is 8.59. The molecule has 0 atom stereocenters. The molecule has 8 heteroatoms. The molecule has 0 fully saturated rings. The van der Waals surface area contributed by atoms with Gasteiger partial charge in [-0.05, 0) is 55.1 Å². The molecule has 1 aliphatic carbocycles. The molecule has 0 unspecified atom stereocenters. The number of fused-ring (bicyclic) bond motifs is 3. The lowest BCUT2D eigenvalue weighted by Gasteiger charge is -2.14. The van der Waals surface area contributed by atoms with E-state index >= 15 is 0 Å². The molecule has 0 aliphatic heterocycles. The lowest BCUT2D eigenvalue weighted by molar-refractivity contribution is 0.172. The highest BCUT2D eigenvalue weighted by atomic mass is 35.5. The minimum atomic E-state index is -3.81. The fourth-order valence-corrected chi connectivity index (χ4v) is 5.78. The van der Waals surface area contributed by atoms with Gasteiger partial charge in [0.15, 0.2) is 0 Å². The van der Waals surface area contributed by atoms with Crippen LogP contribution in [0.3, 0.4) is 0 Å². The Morgan fingerprint density at radius 1 is 1.06 bits per heavy atom. The van der Waals surface area contributed by atoms with Gasteiger partial charge >= 0.3 is 0 Å². The van der Waals surface area contributed by atoms with Crippen molar-refractivity contribution in [3.63, 3.8) is 0 Å². The maximum absolute atomic E-state index is 13.8. The first-order valence-corrected chi connectivity index (χ1v) is 12.4. The van der Waals surface area contributed by atoms with Crippen molar-refractivity contribution >= 4 is 22.4 Å². The van der Waals surface area contributed by atoms with E-state index in [1.807, 2.05) is 25.2 Å². The molecular formula is C25H31ClN2O4S. The third kappa shape index (κ3) is 5.27. The van der Waals surface area contributed by atoms with Gasteiger partial charge in [0, 0.05) is 44.5 Å². The van der Waals surface area contributed by atoms with E-state index in [4.69, 9.17) is 9.47 Å². The van der Waals surface area contributed by atoms with Gasteiger partial charge in [0.2, 0.25) is 0 Å². The lowest BCUT2D eigenvalue weighted by Crippen LogP contribution is -2.14. The van der Waals surface area contributed by atoms with Crippen molar-refractivity contribution in [1.82, 2.24) is 9.29 Å². The maximum Gasteiger partial charge on any atom is 0.268 e. The summed E-state index contributed by atoms with van der Waals surface area (Å²) >= 11 is 0. The fourth-order valence-electron chi connectivity index (χ4n) is 4.32. The van der Waals surface area contributed by atoms with Crippen LogP contribution in [0.5, 0.6) is 5.75 Å². The van der Waals surface area contributed by atoms with E-state index in [0.29, 0.717) is 25.5 Å². The molecule has 6 nitrogen and oxygen atoms in total. The first-order chi connectivity index (χ1) is 15.6. The molecule has 1 heterocycles. The Morgan fingerprint density at radius 2 is 1.88 bits per heavy atom. The van der Waals surface area contributed by atoms with Crippen LogP contribution in [0, 0.1) is 0 Å². The highest BCUT2D eigenvalue weighted by Gasteiger charge is 2.28. The second kappa shape index (κ2) is 11.2. The topological polar surface area (TPSA) is 69.6 Å². The number of aryl methyl sites for hydroxylation is 1. The predicted molar refractivity (Wildman–Crippen MR) is 133 cm³/mol. The van der Waals surface area contributed by atoms with E-state index in [-0.39, 0.29) is 17.3 Å². The summed E-state index contributed by atoms with van der Waals surface area (Å²) in [6.45, 7) is 1.69. The third-order valence-corrected chi connectivity index (χ3v) is 7.46. The van der Waals surface area contributed by atoms with Crippen molar-refractivity contribution < 1.29 is 17.9 Å². The Hall–Kier alpha value is -2.32. The van der Waals surface area contributed by atoms with Gasteiger partial charge in [0.25, 0.3) is 10.0 Å². The second-order valence-corrected chi connectivity index (χ2v) is 9.81. The summed E-state index contributed by atoms with van der Waals surface area (Å²) in [5.74, 6) is 0.538. The van der Waals surface area contributed by atoms with Crippen LogP contribution in [-0.2, 0) is 34.1 Å². The molecule has 4 rings (SSSR count). The molecule has 0 bridgehead atoms. The van der Waals surface area contributed by atoms with Crippen molar-refractivity contribution in [3.8, 4) is 17.0 Å². The molecule has 0 saturated carbocycles. The molecule has 0 radical (unpaired) electrons. The van der Waals surface area contributed by atoms with E-state index < -0.39 is 10.0 Å². The first-order valence-electron chi connectivity index (χ1n) is 11.0. The van der Waals surface area contributed by atoms with Gasteiger partial charge in [-0.3, -0.25) is 0 Å². The molecule has 1 N–H and O–H groups in total. The summed E-state index contributed by atoms with van der Waals surface area (Å²) in [4.78, 5) is 0.220. The van der Waals surface area contributed by atoms with Crippen LogP contribution in [0.2, 0.25) is 0 Å². The van der Waals surface area contributed by atoms with E-state index in [1.165, 1.54) is 9.54 Å². The zero-order chi connectivity index (χ0) is 22.6. The molecule has 178 valence electrons. The summed E-state index contributed by atoms with van der Waals surface area (Å²) < 4.78 is 40.0. The number of nitrogens with one attached hydrogen (secondary N) is 1. The monoisotopic (exact) mass is 490 g/mol. The van der Waals surface area contributed by atoms with Crippen LogP contribution < -0.4 is 10.1 Å². The number of ether oxygens (including phenoxy) is 2. The van der Waals surface area contributed by atoms with Crippen molar-refractivity contribution in [2.75, 3.05) is 27.4 Å². The SMILES string of the molecule is CNCc1cn(S(=O)(=O)c2cccc(OCCCOC)c2)c2c1CCCc1ccccc1-2.Cl. The van der Waals surface area contributed by atoms with E-state index in [1.54, 1.807) is 37.6 Å². The number of rotatable bonds is 9. The van der Waals surface area contributed by atoms with Crippen LogP contribution in [0.4, 0.5) is 0 Å². The zero-order valence-corrected chi connectivity index (χ0v) is 20.7. The highest BCUT2D eigenvalue weighted by molar-refractivity contribution is 7.90. The van der Waals surface area contributed by atoms with Gasteiger partial charge in [0.05, 0.1) is 17.2 Å². The summed E-state index contributed by atoms with van der Waals surface area (Å²) in [7, 11) is -0.282. The zero-order valence-electron chi connectivity index (χ0n) is 19.0. The summed E-state index contributed by atoms with van der Waals surface area (Å²) in [6, 6.07) is 14.9. The molecule has 0 amide bonds. The molecular weight excluding hydrogens is 460 g/mol. The van der Waals surface area contributed by atoms with Gasteiger partial charge in [-0.2, -0.15) is 0 Å². The van der Waals surface area contributed by atoms with Crippen LogP contribution >= 0.6 is 12.4 Å². The smallest absolute Gasteiger partial charge is 0.268 e. The van der Waals surface area contributed by atoms with Crippen LogP contribution in [0.15, 0.2) is 59.6 Å². The Balaban J connectivity index is 0.00000306. The lowest BCUT2D eigenvalue weighted by atomic mass is 10.0. The van der Waals surface area contributed by atoms with Crippen molar-refractivity contribution in [1.29, 1.82) is 0 Å². The van der Waals surface area contributed by atoms with Gasteiger partial charge < -0.3 is 14.8 Å². The number of hydrogen-bond donors (Lipinski definition) is 1. The van der Waals surface area contributed by atoms with E-state index in [2.05, 4.69) is 11.4 Å². The molecule has 33 heavy (non-hydrogen) atoms. The number of hydrogen-bond acceptors (Lipinski definition) is 5. The van der Waals surface area contributed by atoms with Crippen molar-refractivity contribution in [2.45, 2.75) is 37.1 Å². The number of halogens is 1. The van der Waals surface area contributed by atoms with Crippen molar-refractivity contribution in [3.05, 3.63) is 71.4 Å². The third-order valence-electron chi connectivity index (χ3n) is 5.80. The maximum atomic E-state index is 13.8. The van der Waals surface area contributed by atoms with Gasteiger partial charge in [-0.25, -0.2) is 12.4 Å². The molecule has 1 aromatic heterocycles. The van der Waals surface area contributed by atoms with Crippen LogP contribution in [0.25, 0.3) is 11.3 Å². The number of methoxy groups -OCH3 is 1. The minimum absolute atomic E-state index is 0. The fraction of sp³-hybridized carbons (Fsp3) is 0.360. The van der Waals surface area contributed by atoms with Crippen LogP contribution in [0.1, 0.15) is 29.5 Å². The predicted octanol–water partition coefficient (Wildman–Crippen LogP) is 4.44. The number of nitrogens with zero attached hydrogens (tertiary/aromatic N) is 1. The molecule has 0 spiro atoms. The number of benzene rings is 2. The molecule has 1 aliphatic rings. The molecule has 2 aromatic carbocycles. The average molecular weight is 491 g/mol. The Labute approximate surface area is 202 Å². The van der Waals surface area contributed by atoms with Crippen LogP contribution in [-0.4, -0.2) is 39.8 Å². The standard InChI is InChI=1S/C25H30N2O4S.ClH/c1-26-17-20-18-27(25-23-12-4-3-8-19(23)9-5-13-24(20)25)32(28,29)22-11-6-10-21(16-22)31-15-7-14-30-2;/h3-4,6,8,10-12,16,18,26H,5,7,9,13-15,17H2,1-2H3;1H. The van der Waals surface area contributed by atoms with E-state index in [9.17, 15) is 8.42 Å². The number of aromatic nitrogens is 1. The molecule has 3 aromatic rings. The minimum Gasteiger partial charge on any atom is -0.493 e. The van der Waals surface area contributed by atoms with E-state index in [0.717, 1.165) is 48.1 Å². The highest BCUT2D eigenvalue weighted by Crippen LogP contribution is 2.38. The van der Waals surface area contributed by atoms with Gasteiger partial charge in [-0.15, -0.1) is 12.4 Å². The summed E-state index contributed by atoms with van der Waals surface area (Å²) in [6.07, 6.45) is 5.31. The second-order valence-electron chi connectivity index (χ2n) is 7.99. The average Bonchev–Trinajstić information content (AvgIpc) is 3.05. The van der Waals surface area contributed by atoms with Gasteiger partial charge in [-0.1, -0.05) is 30.3 Å². The normalized spacial score (nSPS) is 12.9. The van der Waals surface area contributed by atoms with Crippen molar-refractivity contribution in [2.24, 2.45) is 0 Å². The Bertz CT molecular complexity index is 1190. The first kappa shape index (κ1) is 25.3. The summed E-state index contributed by atoms with van der Waals surface area (Å²) in [5, 5.41) is 3.19. The summed E-state index contributed by atoms with van der Waals surface area (Å²) in [5.41, 5.74) is 5.11. The Morgan fingerprint density at radius 3 is 2.67 bits per heavy atom. The molecule has 0 saturated heterocycles. The quantitative estimate of drug-likeness (QED) is 0.449. The van der Waals surface area contributed by atoms with Gasteiger partial charge in [0.1, 0.15) is 5.75 Å².